The zero-order chi connectivity index (χ0) is 24.0. The number of fused-ring (bicyclic) bond motifs is 5. The summed E-state index contributed by atoms with van der Waals surface area (Å²) in [5, 5.41) is 0. The third-order valence-electron chi connectivity index (χ3n) is 6.06. The number of rotatable bonds is 5. The first kappa shape index (κ1) is 21.4. The second kappa shape index (κ2) is 7.87. The Hall–Kier alpha value is -4.40. The van der Waals surface area contributed by atoms with Gasteiger partial charge >= 0.3 is 11.9 Å². The predicted octanol–water partition coefficient (Wildman–Crippen LogP) is 2.51. The van der Waals surface area contributed by atoms with E-state index in [2.05, 4.69) is 4.98 Å². The van der Waals surface area contributed by atoms with E-state index in [0.29, 0.717) is 22.5 Å². The van der Waals surface area contributed by atoms with Crippen LogP contribution in [-0.2, 0) is 29.3 Å². The molecule has 1 spiro atoms. The van der Waals surface area contributed by atoms with Gasteiger partial charge in [0.15, 0.2) is 11.2 Å². The molecule has 1 aliphatic heterocycles. The Morgan fingerprint density at radius 3 is 2.53 bits per heavy atom. The van der Waals surface area contributed by atoms with Crippen LogP contribution < -0.4 is 5.73 Å². The smallest absolute Gasteiger partial charge is 0.338 e. The number of methoxy groups -OCH3 is 1. The Kier molecular flexibility index (Phi) is 4.97. The number of hydrogen-bond acceptors (Lipinski definition) is 8. The van der Waals surface area contributed by atoms with E-state index in [1.807, 2.05) is 6.07 Å². The van der Waals surface area contributed by atoms with E-state index in [9.17, 15) is 14.4 Å². The number of benzene rings is 2. The largest absolute Gasteiger partial charge is 0.468 e. The average molecular weight is 459 g/mol. The van der Waals surface area contributed by atoms with E-state index >= 15 is 0 Å². The molecule has 34 heavy (non-hydrogen) atoms. The third kappa shape index (κ3) is 2.79. The summed E-state index contributed by atoms with van der Waals surface area (Å²) in [5.74, 6) is -1.59. The van der Waals surface area contributed by atoms with Crippen LogP contribution in [0, 0.1) is 0 Å². The quantitative estimate of drug-likeness (QED) is 0.577. The monoisotopic (exact) mass is 459 g/mol. The van der Waals surface area contributed by atoms with Crippen molar-refractivity contribution >= 4 is 29.6 Å². The number of nitrogen functional groups attached to an aromatic ring is 1. The molecule has 0 radical (unpaired) electrons. The number of aromatic nitrogens is 1. The minimum Gasteiger partial charge on any atom is -0.468 e. The summed E-state index contributed by atoms with van der Waals surface area (Å²) >= 11 is 0. The van der Waals surface area contributed by atoms with Crippen LogP contribution >= 0.6 is 0 Å². The van der Waals surface area contributed by atoms with Crippen LogP contribution in [0.2, 0.25) is 0 Å². The number of amides is 1. The first-order chi connectivity index (χ1) is 16.4. The highest BCUT2D eigenvalue weighted by Crippen LogP contribution is 2.59. The van der Waals surface area contributed by atoms with Crippen molar-refractivity contribution < 1.29 is 28.3 Å². The van der Waals surface area contributed by atoms with Gasteiger partial charge in [0.25, 0.3) is 6.01 Å². The summed E-state index contributed by atoms with van der Waals surface area (Å²) in [7, 11) is 1.23. The summed E-state index contributed by atoms with van der Waals surface area (Å²) in [6, 6.07) is 15.8. The average Bonchev–Trinajstić information content (AvgIpc) is 3.44. The molecule has 1 amide bonds. The highest BCUT2D eigenvalue weighted by atomic mass is 16.5. The van der Waals surface area contributed by atoms with Gasteiger partial charge in [-0.05, 0) is 18.1 Å². The van der Waals surface area contributed by atoms with Crippen molar-refractivity contribution in [2.75, 3.05) is 26.0 Å². The van der Waals surface area contributed by atoms with Crippen LogP contribution in [0.4, 0.5) is 6.01 Å². The van der Waals surface area contributed by atoms with Crippen molar-refractivity contribution in [3.63, 3.8) is 0 Å². The molecule has 9 nitrogen and oxygen atoms in total. The molecule has 172 valence electrons. The van der Waals surface area contributed by atoms with Gasteiger partial charge in [-0.25, -0.2) is 4.79 Å². The molecule has 2 N–H and O–H groups in total. The van der Waals surface area contributed by atoms with Crippen molar-refractivity contribution in [2.45, 2.75) is 12.3 Å². The van der Waals surface area contributed by atoms with E-state index in [4.69, 9.17) is 19.6 Å². The number of nitrogens with two attached hydrogens (primary N) is 1. The van der Waals surface area contributed by atoms with Gasteiger partial charge in [0.05, 0.1) is 25.0 Å². The zero-order valence-electron chi connectivity index (χ0n) is 18.5. The molecule has 3 aromatic rings. The van der Waals surface area contributed by atoms with Crippen LogP contribution in [0.5, 0.6) is 0 Å². The fourth-order valence-electron chi connectivity index (χ4n) is 4.80. The Labute approximate surface area is 194 Å². The van der Waals surface area contributed by atoms with Crippen molar-refractivity contribution in [1.29, 1.82) is 0 Å². The first-order valence-corrected chi connectivity index (χ1v) is 10.7. The van der Waals surface area contributed by atoms with Gasteiger partial charge in [0, 0.05) is 5.56 Å². The number of anilines is 1. The fourth-order valence-corrected chi connectivity index (χ4v) is 4.80. The highest BCUT2D eigenvalue weighted by Gasteiger charge is 2.64. The standard InChI is InChI=1S/C25H21N3O6/c1-3-33-22(30)18-19(14-9-5-4-6-10-14)28(13-17(29)32-2)23(31)25(18)16-12-8-7-11-15(16)20-21(25)27-24(26)34-20/h4-12H,3,13H2,1-2H3,(H2,26,27)/t25-/m0/s1. The second-order valence-electron chi connectivity index (χ2n) is 7.80. The Bertz CT molecular complexity index is 1360. The minimum atomic E-state index is -1.70. The predicted molar refractivity (Wildman–Crippen MR) is 121 cm³/mol. The second-order valence-corrected chi connectivity index (χ2v) is 7.80. The molecular weight excluding hydrogens is 438 g/mol. The summed E-state index contributed by atoms with van der Waals surface area (Å²) in [6.07, 6.45) is 0. The molecule has 1 aromatic heterocycles. The Balaban J connectivity index is 1.91. The van der Waals surface area contributed by atoms with E-state index in [1.54, 1.807) is 55.5 Å². The zero-order valence-corrected chi connectivity index (χ0v) is 18.5. The van der Waals surface area contributed by atoms with Crippen LogP contribution in [0.25, 0.3) is 17.0 Å². The number of carbonyl (C=O) groups is 3. The van der Waals surface area contributed by atoms with Crippen molar-refractivity contribution in [1.82, 2.24) is 9.88 Å². The Morgan fingerprint density at radius 2 is 1.82 bits per heavy atom. The fraction of sp³-hybridized carbons (Fsp3) is 0.200. The lowest BCUT2D eigenvalue weighted by molar-refractivity contribution is -0.145. The van der Waals surface area contributed by atoms with Gasteiger partial charge in [0.1, 0.15) is 12.2 Å². The van der Waals surface area contributed by atoms with Crippen molar-refractivity contribution in [2.24, 2.45) is 0 Å². The normalized spacial score (nSPS) is 18.3. The number of carbonyl (C=O) groups excluding carboxylic acids is 3. The summed E-state index contributed by atoms with van der Waals surface area (Å²) in [4.78, 5) is 46.0. The molecule has 0 saturated heterocycles. The molecule has 2 heterocycles. The third-order valence-corrected chi connectivity index (χ3v) is 6.06. The number of hydrogen-bond donors (Lipinski definition) is 1. The maximum atomic E-state index is 14.4. The van der Waals surface area contributed by atoms with Crippen molar-refractivity contribution in [3.8, 4) is 11.3 Å². The lowest BCUT2D eigenvalue weighted by Crippen LogP contribution is -2.43. The highest BCUT2D eigenvalue weighted by molar-refractivity contribution is 6.21. The van der Waals surface area contributed by atoms with Gasteiger partial charge in [-0.15, -0.1) is 0 Å². The van der Waals surface area contributed by atoms with Crippen LogP contribution in [0.3, 0.4) is 0 Å². The summed E-state index contributed by atoms with van der Waals surface area (Å²) in [5.41, 5.74) is 6.34. The molecule has 2 aromatic carbocycles. The van der Waals surface area contributed by atoms with Gasteiger partial charge in [-0.2, -0.15) is 4.98 Å². The number of esters is 2. The van der Waals surface area contributed by atoms with E-state index in [-0.39, 0.29) is 29.6 Å². The Morgan fingerprint density at radius 1 is 1.12 bits per heavy atom. The lowest BCUT2D eigenvalue weighted by Gasteiger charge is -2.26. The maximum absolute atomic E-state index is 14.4. The molecule has 0 fully saturated rings. The van der Waals surface area contributed by atoms with E-state index in [0.717, 1.165) is 0 Å². The SMILES string of the molecule is CCOC(=O)C1=C(c2ccccc2)N(CC(=O)OC)C(=O)[C@@]12c1ccccc1-c1oc(N)nc12. The van der Waals surface area contributed by atoms with Gasteiger partial charge < -0.3 is 19.6 Å². The molecule has 5 rings (SSSR count). The molecule has 0 unspecified atom stereocenters. The van der Waals surface area contributed by atoms with E-state index < -0.39 is 29.8 Å². The topological polar surface area (TPSA) is 125 Å². The molecule has 0 saturated carbocycles. The summed E-state index contributed by atoms with van der Waals surface area (Å²) in [6.45, 7) is 1.36. The lowest BCUT2D eigenvalue weighted by atomic mass is 9.74. The van der Waals surface area contributed by atoms with Gasteiger partial charge in [-0.3, -0.25) is 14.5 Å². The molecule has 1 aliphatic carbocycles. The first-order valence-electron chi connectivity index (χ1n) is 10.7. The van der Waals surface area contributed by atoms with Crippen LogP contribution in [-0.4, -0.2) is 48.0 Å². The van der Waals surface area contributed by atoms with Crippen LogP contribution in [0.1, 0.15) is 23.7 Å². The molecule has 1 atom stereocenters. The van der Waals surface area contributed by atoms with Gasteiger partial charge in [0.2, 0.25) is 5.91 Å². The maximum Gasteiger partial charge on any atom is 0.338 e. The van der Waals surface area contributed by atoms with Gasteiger partial charge in [-0.1, -0.05) is 54.6 Å². The number of ether oxygens (including phenoxy) is 2. The molecule has 9 heteroatoms. The number of nitrogens with zero attached hydrogens (tertiary/aromatic N) is 2. The number of oxazole rings is 1. The minimum absolute atomic E-state index is 0.0500. The molecular formula is C25H21N3O6. The van der Waals surface area contributed by atoms with E-state index in [1.165, 1.54) is 12.0 Å². The molecule has 2 aliphatic rings. The van der Waals surface area contributed by atoms with Crippen molar-refractivity contribution in [3.05, 3.63) is 77.0 Å². The molecule has 0 bridgehead atoms. The van der Waals surface area contributed by atoms with Crippen LogP contribution in [0.15, 0.2) is 64.6 Å². The summed E-state index contributed by atoms with van der Waals surface area (Å²) < 4.78 is 16.0.